The van der Waals surface area contributed by atoms with E-state index in [0.29, 0.717) is 0 Å². The van der Waals surface area contributed by atoms with Crippen LogP contribution in [0.1, 0.15) is 11.7 Å². The van der Waals surface area contributed by atoms with E-state index >= 15 is 0 Å². The zero-order chi connectivity index (χ0) is 10.4. The summed E-state index contributed by atoms with van der Waals surface area (Å²) in [6, 6.07) is 8.91. The first-order valence-electron chi connectivity index (χ1n) is 4.42. The largest absolute Gasteiger partial charge is 0.387 e. The molecule has 0 fully saturated rings. The van der Waals surface area contributed by atoms with E-state index in [1.165, 1.54) is 7.05 Å². The van der Waals surface area contributed by atoms with Crippen LogP contribution in [-0.4, -0.2) is 24.7 Å². The van der Waals surface area contributed by atoms with Gasteiger partial charge < -0.3 is 15.7 Å². The molecule has 0 unspecified atom stereocenters. The fourth-order valence-corrected chi connectivity index (χ4v) is 1.07. The highest BCUT2D eigenvalue weighted by molar-refractivity contribution is 5.73. The number of benzene rings is 1. The zero-order valence-corrected chi connectivity index (χ0v) is 8.03. The molecule has 14 heavy (non-hydrogen) atoms. The molecule has 0 saturated carbocycles. The normalized spacial score (nSPS) is 11.9. The molecule has 0 aliphatic rings. The molecule has 3 N–H and O–H groups in total. The van der Waals surface area contributed by atoms with Crippen molar-refractivity contribution < 1.29 is 9.90 Å². The third-order valence-corrected chi connectivity index (χ3v) is 1.87. The Hall–Kier alpha value is -1.55. The van der Waals surface area contributed by atoms with Crippen molar-refractivity contribution in [1.82, 2.24) is 10.6 Å². The molecule has 0 heterocycles. The number of hydrogen-bond donors (Lipinski definition) is 3. The van der Waals surface area contributed by atoms with Crippen LogP contribution < -0.4 is 10.6 Å². The maximum atomic E-state index is 10.8. The molecular formula is C10H14N2O2. The van der Waals surface area contributed by atoms with Gasteiger partial charge in [-0.2, -0.15) is 0 Å². The quantitative estimate of drug-likeness (QED) is 0.661. The summed E-state index contributed by atoms with van der Waals surface area (Å²) in [7, 11) is 1.53. The van der Waals surface area contributed by atoms with Crippen LogP contribution >= 0.6 is 0 Å². The molecule has 1 rings (SSSR count). The lowest BCUT2D eigenvalue weighted by Gasteiger charge is -2.11. The second-order valence-corrected chi connectivity index (χ2v) is 2.89. The first kappa shape index (κ1) is 10.5. The van der Waals surface area contributed by atoms with Crippen molar-refractivity contribution in [3.63, 3.8) is 0 Å². The Balaban J connectivity index is 2.43. The van der Waals surface area contributed by atoms with Gasteiger partial charge in [-0.1, -0.05) is 30.3 Å². The maximum Gasteiger partial charge on any atom is 0.314 e. The number of carbonyl (C=O) groups excluding carboxylic acids is 1. The first-order chi connectivity index (χ1) is 6.74. The van der Waals surface area contributed by atoms with E-state index < -0.39 is 6.10 Å². The monoisotopic (exact) mass is 194 g/mol. The number of nitrogens with one attached hydrogen (secondary N) is 2. The molecule has 0 saturated heterocycles. The number of aliphatic hydroxyl groups excluding tert-OH is 1. The van der Waals surface area contributed by atoms with E-state index in [9.17, 15) is 9.90 Å². The summed E-state index contributed by atoms with van der Waals surface area (Å²) in [4.78, 5) is 10.8. The number of amides is 2. The van der Waals surface area contributed by atoms with Crippen LogP contribution in [0.25, 0.3) is 0 Å². The van der Waals surface area contributed by atoms with Gasteiger partial charge in [-0.3, -0.25) is 0 Å². The van der Waals surface area contributed by atoms with Crippen molar-refractivity contribution in [3.05, 3.63) is 35.9 Å². The van der Waals surface area contributed by atoms with Crippen LogP contribution in [0.4, 0.5) is 4.79 Å². The minimum Gasteiger partial charge on any atom is -0.387 e. The van der Waals surface area contributed by atoms with Crippen LogP contribution in [0.15, 0.2) is 30.3 Å². The van der Waals surface area contributed by atoms with Crippen LogP contribution in [0, 0.1) is 0 Å². The third kappa shape index (κ3) is 3.06. The van der Waals surface area contributed by atoms with Crippen molar-refractivity contribution in [2.24, 2.45) is 0 Å². The highest BCUT2D eigenvalue weighted by atomic mass is 16.3. The fourth-order valence-electron chi connectivity index (χ4n) is 1.07. The van der Waals surface area contributed by atoms with Crippen LogP contribution in [0.2, 0.25) is 0 Å². The smallest absolute Gasteiger partial charge is 0.314 e. The Morgan fingerprint density at radius 2 is 2.07 bits per heavy atom. The Kier molecular flexibility index (Phi) is 3.94. The predicted octanol–water partition coefficient (Wildman–Crippen LogP) is 0.649. The van der Waals surface area contributed by atoms with Crippen molar-refractivity contribution >= 4 is 6.03 Å². The molecule has 0 bridgehead atoms. The van der Waals surface area contributed by atoms with Gasteiger partial charge in [-0.15, -0.1) is 0 Å². The molecule has 4 nitrogen and oxygen atoms in total. The summed E-state index contributed by atoms with van der Waals surface area (Å²) in [6.45, 7) is 0.212. The molecule has 76 valence electrons. The molecule has 0 aliphatic heterocycles. The van der Waals surface area contributed by atoms with E-state index in [-0.39, 0.29) is 12.6 Å². The number of urea groups is 1. The van der Waals surface area contributed by atoms with E-state index in [1.807, 2.05) is 30.3 Å². The highest BCUT2D eigenvalue weighted by Gasteiger charge is 2.07. The molecule has 1 atom stereocenters. The van der Waals surface area contributed by atoms with Crippen molar-refractivity contribution in [2.45, 2.75) is 6.10 Å². The SMILES string of the molecule is CNC(=O)NC[C@H](O)c1ccccc1. The maximum absolute atomic E-state index is 10.8. The molecular weight excluding hydrogens is 180 g/mol. The Morgan fingerprint density at radius 1 is 1.43 bits per heavy atom. The second kappa shape index (κ2) is 5.24. The second-order valence-electron chi connectivity index (χ2n) is 2.89. The molecule has 1 aromatic rings. The van der Waals surface area contributed by atoms with Crippen molar-refractivity contribution in [1.29, 1.82) is 0 Å². The fraction of sp³-hybridized carbons (Fsp3) is 0.300. The predicted molar refractivity (Wildman–Crippen MR) is 53.9 cm³/mol. The van der Waals surface area contributed by atoms with Crippen molar-refractivity contribution in [2.75, 3.05) is 13.6 Å². The minimum absolute atomic E-state index is 0.212. The molecule has 0 spiro atoms. The van der Waals surface area contributed by atoms with Gasteiger partial charge in [0.25, 0.3) is 0 Å². The molecule has 4 heteroatoms. The summed E-state index contributed by atoms with van der Waals surface area (Å²) in [5, 5.41) is 14.6. The van der Waals surface area contributed by atoms with Gasteiger partial charge in [-0.05, 0) is 5.56 Å². The average Bonchev–Trinajstić information content (AvgIpc) is 2.26. The highest BCUT2D eigenvalue weighted by Crippen LogP contribution is 2.09. The summed E-state index contributed by atoms with van der Waals surface area (Å²) >= 11 is 0. The summed E-state index contributed by atoms with van der Waals surface area (Å²) in [5.41, 5.74) is 0.795. The average molecular weight is 194 g/mol. The number of aliphatic hydroxyl groups is 1. The lowest BCUT2D eigenvalue weighted by molar-refractivity contribution is 0.173. The van der Waals surface area contributed by atoms with Gasteiger partial charge in [0.15, 0.2) is 0 Å². The standard InChI is InChI=1S/C10H14N2O2/c1-11-10(14)12-7-9(13)8-5-3-2-4-6-8/h2-6,9,13H,7H2,1H3,(H2,11,12,14)/t9-/m0/s1. The lowest BCUT2D eigenvalue weighted by Crippen LogP contribution is -2.35. The van der Waals surface area contributed by atoms with E-state index in [0.717, 1.165) is 5.56 Å². The van der Waals surface area contributed by atoms with Gasteiger partial charge in [0.2, 0.25) is 0 Å². The van der Waals surface area contributed by atoms with Gasteiger partial charge >= 0.3 is 6.03 Å². The summed E-state index contributed by atoms with van der Waals surface area (Å²) < 4.78 is 0. The number of hydrogen-bond acceptors (Lipinski definition) is 2. The summed E-state index contributed by atoms with van der Waals surface area (Å²) in [6.07, 6.45) is -0.659. The van der Waals surface area contributed by atoms with Crippen LogP contribution in [-0.2, 0) is 0 Å². The molecule has 0 aliphatic carbocycles. The number of carbonyl (C=O) groups is 1. The molecule has 2 amide bonds. The van der Waals surface area contributed by atoms with Crippen molar-refractivity contribution in [3.8, 4) is 0 Å². The van der Waals surface area contributed by atoms with Gasteiger partial charge in [0, 0.05) is 13.6 Å². The van der Waals surface area contributed by atoms with E-state index in [2.05, 4.69) is 10.6 Å². The lowest BCUT2D eigenvalue weighted by atomic mass is 10.1. The van der Waals surface area contributed by atoms with E-state index in [1.54, 1.807) is 0 Å². The molecule has 0 radical (unpaired) electrons. The Morgan fingerprint density at radius 3 is 2.64 bits per heavy atom. The number of rotatable bonds is 3. The zero-order valence-electron chi connectivity index (χ0n) is 8.03. The van der Waals surface area contributed by atoms with Gasteiger partial charge in [-0.25, -0.2) is 4.79 Å². The van der Waals surface area contributed by atoms with Gasteiger partial charge in [0.1, 0.15) is 0 Å². The Labute approximate surface area is 82.9 Å². The topological polar surface area (TPSA) is 61.4 Å². The Bertz CT molecular complexity index is 287. The molecule has 1 aromatic carbocycles. The first-order valence-corrected chi connectivity index (χ1v) is 4.42. The minimum atomic E-state index is -0.659. The summed E-state index contributed by atoms with van der Waals surface area (Å²) in [5.74, 6) is 0. The van der Waals surface area contributed by atoms with Gasteiger partial charge in [0.05, 0.1) is 6.10 Å². The van der Waals surface area contributed by atoms with E-state index in [4.69, 9.17) is 0 Å². The molecule has 0 aromatic heterocycles. The van der Waals surface area contributed by atoms with Crippen LogP contribution in [0.5, 0.6) is 0 Å². The van der Waals surface area contributed by atoms with Crippen LogP contribution in [0.3, 0.4) is 0 Å². The third-order valence-electron chi connectivity index (χ3n) is 1.87.